The van der Waals surface area contributed by atoms with Crippen LogP contribution in [0.1, 0.15) is 16.7 Å². The van der Waals surface area contributed by atoms with Crippen LogP contribution in [0, 0.1) is 6.92 Å². The van der Waals surface area contributed by atoms with Crippen LogP contribution >= 0.6 is 0 Å². The van der Waals surface area contributed by atoms with Crippen molar-refractivity contribution in [1.82, 2.24) is 0 Å². The van der Waals surface area contributed by atoms with E-state index in [1.54, 1.807) is 0 Å². The topological polar surface area (TPSA) is 26.0 Å². The standard InChI is InChI=1S/C20H17N/c1-13-11-15(9-10-20(13)21)17-7-4-8-18-16-6-3-2-5-14(16)12-19(17)18/h2-11H,12,21H2,1H3. The van der Waals surface area contributed by atoms with Crippen LogP contribution in [0.5, 0.6) is 0 Å². The first-order chi connectivity index (χ1) is 10.2. The molecular formula is C20H17N. The van der Waals surface area contributed by atoms with Gasteiger partial charge in [0, 0.05) is 5.69 Å². The second-order valence-corrected chi connectivity index (χ2v) is 5.74. The summed E-state index contributed by atoms with van der Waals surface area (Å²) >= 11 is 0. The average molecular weight is 271 g/mol. The quantitative estimate of drug-likeness (QED) is 0.494. The second kappa shape index (κ2) is 4.49. The molecule has 1 aliphatic rings. The summed E-state index contributed by atoms with van der Waals surface area (Å²) in [6, 6.07) is 21.6. The molecule has 0 saturated carbocycles. The molecule has 0 amide bonds. The van der Waals surface area contributed by atoms with Crippen LogP contribution in [0.2, 0.25) is 0 Å². The summed E-state index contributed by atoms with van der Waals surface area (Å²) in [5.41, 5.74) is 16.1. The Morgan fingerprint density at radius 3 is 2.43 bits per heavy atom. The number of aryl methyl sites for hydroxylation is 1. The highest BCUT2D eigenvalue weighted by atomic mass is 14.5. The summed E-state index contributed by atoms with van der Waals surface area (Å²) in [6.45, 7) is 2.07. The van der Waals surface area contributed by atoms with E-state index >= 15 is 0 Å². The van der Waals surface area contributed by atoms with Crippen molar-refractivity contribution in [3.05, 3.63) is 77.4 Å². The Balaban J connectivity index is 1.92. The van der Waals surface area contributed by atoms with Crippen molar-refractivity contribution in [2.75, 3.05) is 5.73 Å². The van der Waals surface area contributed by atoms with Crippen LogP contribution < -0.4 is 5.73 Å². The van der Waals surface area contributed by atoms with Gasteiger partial charge in [-0.3, -0.25) is 0 Å². The van der Waals surface area contributed by atoms with Crippen LogP contribution in [-0.4, -0.2) is 0 Å². The lowest BCUT2D eigenvalue weighted by Crippen LogP contribution is -1.92. The summed E-state index contributed by atoms with van der Waals surface area (Å²) in [6.07, 6.45) is 1.02. The van der Waals surface area contributed by atoms with E-state index in [1.807, 2.05) is 6.07 Å². The third-order valence-corrected chi connectivity index (χ3v) is 4.43. The van der Waals surface area contributed by atoms with Crippen LogP contribution in [0.3, 0.4) is 0 Å². The molecule has 0 unspecified atom stereocenters. The van der Waals surface area contributed by atoms with Gasteiger partial charge in [-0.1, -0.05) is 48.5 Å². The van der Waals surface area contributed by atoms with Gasteiger partial charge >= 0.3 is 0 Å². The maximum Gasteiger partial charge on any atom is 0.0344 e. The third-order valence-electron chi connectivity index (χ3n) is 4.43. The molecule has 1 nitrogen and oxygen atoms in total. The van der Waals surface area contributed by atoms with Crippen molar-refractivity contribution < 1.29 is 0 Å². The lowest BCUT2D eigenvalue weighted by molar-refractivity contribution is 1.26. The average Bonchev–Trinajstić information content (AvgIpc) is 2.89. The SMILES string of the molecule is Cc1cc(-c2cccc3c2Cc2ccccc2-3)ccc1N. The molecule has 0 fully saturated rings. The molecule has 0 radical (unpaired) electrons. The largest absolute Gasteiger partial charge is 0.399 e. The van der Waals surface area contributed by atoms with Gasteiger partial charge in [-0.25, -0.2) is 0 Å². The molecule has 0 saturated heterocycles. The summed E-state index contributed by atoms with van der Waals surface area (Å²) in [5.74, 6) is 0. The summed E-state index contributed by atoms with van der Waals surface area (Å²) in [5, 5.41) is 0. The van der Waals surface area contributed by atoms with Crippen molar-refractivity contribution >= 4 is 5.69 Å². The van der Waals surface area contributed by atoms with Crippen LogP contribution in [0.15, 0.2) is 60.7 Å². The van der Waals surface area contributed by atoms with Gasteiger partial charge in [0.1, 0.15) is 0 Å². The number of hydrogen-bond donors (Lipinski definition) is 1. The molecular weight excluding hydrogens is 254 g/mol. The minimum Gasteiger partial charge on any atom is -0.399 e. The van der Waals surface area contributed by atoms with Gasteiger partial charge in [-0.2, -0.15) is 0 Å². The van der Waals surface area contributed by atoms with Crippen LogP contribution in [0.4, 0.5) is 5.69 Å². The zero-order chi connectivity index (χ0) is 14.4. The fourth-order valence-corrected chi connectivity index (χ4v) is 3.27. The number of anilines is 1. The molecule has 0 atom stereocenters. The summed E-state index contributed by atoms with van der Waals surface area (Å²) in [4.78, 5) is 0. The minimum absolute atomic E-state index is 0.856. The Kier molecular flexibility index (Phi) is 2.61. The maximum absolute atomic E-state index is 5.95. The lowest BCUT2D eigenvalue weighted by atomic mass is 9.94. The highest BCUT2D eigenvalue weighted by molar-refractivity contribution is 5.85. The van der Waals surface area contributed by atoms with Crippen LogP contribution in [0.25, 0.3) is 22.3 Å². The van der Waals surface area contributed by atoms with Gasteiger partial charge in [-0.05, 0) is 64.4 Å². The summed E-state index contributed by atoms with van der Waals surface area (Å²) < 4.78 is 0. The predicted molar refractivity (Wildman–Crippen MR) is 89.3 cm³/mol. The number of benzene rings is 3. The molecule has 3 aromatic rings. The Hall–Kier alpha value is -2.54. The van der Waals surface area contributed by atoms with E-state index in [2.05, 4.69) is 61.5 Å². The van der Waals surface area contributed by atoms with Crippen molar-refractivity contribution in [1.29, 1.82) is 0 Å². The molecule has 4 rings (SSSR count). The molecule has 2 N–H and O–H groups in total. The van der Waals surface area contributed by atoms with Gasteiger partial charge < -0.3 is 5.73 Å². The third kappa shape index (κ3) is 1.85. The Morgan fingerprint density at radius 1 is 0.810 bits per heavy atom. The normalized spacial score (nSPS) is 12.0. The first-order valence-corrected chi connectivity index (χ1v) is 7.31. The van der Waals surface area contributed by atoms with Gasteiger partial charge in [0.25, 0.3) is 0 Å². The molecule has 0 spiro atoms. The molecule has 1 heteroatoms. The Morgan fingerprint density at radius 2 is 1.57 bits per heavy atom. The highest BCUT2D eigenvalue weighted by Gasteiger charge is 2.20. The van der Waals surface area contributed by atoms with E-state index in [-0.39, 0.29) is 0 Å². The molecule has 0 aliphatic heterocycles. The molecule has 0 aromatic heterocycles. The van der Waals surface area contributed by atoms with E-state index < -0.39 is 0 Å². The summed E-state index contributed by atoms with van der Waals surface area (Å²) in [7, 11) is 0. The number of fused-ring (bicyclic) bond motifs is 3. The number of rotatable bonds is 1. The fraction of sp³-hybridized carbons (Fsp3) is 0.100. The van der Waals surface area contributed by atoms with Crippen molar-refractivity contribution in [2.24, 2.45) is 0 Å². The first-order valence-electron chi connectivity index (χ1n) is 7.31. The van der Waals surface area contributed by atoms with Crippen molar-refractivity contribution in [2.45, 2.75) is 13.3 Å². The van der Waals surface area contributed by atoms with Gasteiger partial charge in [0.15, 0.2) is 0 Å². The maximum atomic E-state index is 5.95. The Labute approximate surface area is 125 Å². The molecule has 1 aliphatic carbocycles. The van der Waals surface area contributed by atoms with Crippen molar-refractivity contribution in [3.8, 4) is 22.3 Å². The van der Waals surface area contributed by atoms with Gasteiger partial charge in [0.2, 0.25) is 0 Å². The number of hydrogen-bond acceptors (Lipinski definition) is 1. The Bertz CT molecular complexity index is 846. The molecule has 0 heterocycles. The minimum atomic E-state index is 0.856. The smallest absolute Gasteiger partial charge is 0.0344 e. The van der Waals surface area contributed by atoms with E-state index in [9.17, 15) is 0 Å². The number of nitrogen functional groups attached to an aromatic ring is 1. The van der Waals surface area contributed by atoms with E-state index in [1.165, 1.54) is 33.4 Å². The first kappa shape index (κ1) is 12.2. The van der Waals surface area contributed by atoms with E-state index in [4.69, 9.17) is 5.73 Å². The lowest BCUT2D eigenvalue weighted by Gasteiger charge is -2.10. The monoisotopic (exact) mass is 271 g/mol. The van der Waals surface area contributed by atoms with E-state index in [0.29, 0.717) is 0 Å². The van der Waals surface area contributed by atoms with Crippen molar-refractivity contribution in [3.63, 3.8) is 0 Å². The zero-order valence-electron chi connectivity index (χ0n) is 12.1. The van der Waals surface area contributed by atoms with Crippen LogP contribution in [-0.2, 0) is 6.42 Å². The van der Waals surface area contributed by atoms with Gasteiger partial charge in [-0.15, -0.1) is 0 Å². The predicted octanol–water partition coefficient (Wildman–Crippen LogP) is 4.82. The molecule has 102 valence electrons. The molecule has 3 aromatic carbocycles. The number of nitrogens with two attached hydrogens (primary N) is 1. The van der Waals surface area contributed by atoms with E-state index in [0.717, 1.165) is 17.7 Å². The zero-order valence-corrected chi connectivity index (χ0v) is 12.1. The fourth-order valence-electron chi connectivity index (χ4n) is 3.27. The highest BCUT2D eigenvalue weighted by Crippen LogP contribution is 2.41. The van der Waals surface area contributed by atoms with Gasteiger partial charge in [0.05, 0.1) is 0 Å². The second-order valence-electron chi connectivity index (χ2n) is 5.74. The molecule has 21 heavy (non-hydrogen) atoms. The molecule has 0 bridgehead atoms.